The lowest BCUT2D eigenvalue weighted by Gasteiger charge is -2.26. The first kappa shape index (κ1) is 18.2. The van der Waals surface area contributed by atoms with Crippen molar-refractivity contribution in [1.82, 2.24) is 9.88 Å². The van der Waals surface area contributed by atoms with Crippen molar-refractivity contribution in [1.29, 1.82) is 0 Å². The molecule has 4 nitrogen and oxygen atoms in total. The highest BCUT2D eigenvalue weighted by molar-refractivity contribution is 5.95. The van der Waals surface area contributed by atoms with E-state index in [9.17, 15) is 18.7 Å². The van der Waals surface area contributed by atoms with Crippen LogP contribution in [0, 0.1) is 23.5 Å². The van der Waals surface area contributed by atoms with Crippen LogP contribution in [0.2, 0.25) is 0 Å². The number of carbonyl (C=O) groups excluding carboxylic acids is 1. The van der Waals surface area contributed by atoms with Gasteiger partial charge in [-0.3, -0.25) is 14.7 Å². The highest BCUT2D eigenvalue weighted by atomic mass is 19.1. The number of hydrogen-bond acceptors (Lipinski definition) is 4. The third-order valence-electron chi connectivity index (χ3n) is 5.79. The Morgan fingerprint density at radius 1 is 1.19 bits per heavy atom. The second-order valence-electron chi connectivity index (χ2n) is 7.90. The van der Waals surface area contributed by atoms with Crippen LogP contribution in [0.1, 0.15) is 28.9 Å². The van der Waals surface area contributed by atoms with Gasteiger partial charge in [-0.05, 0) is 48.4 Å². The molecule has 1 saturated carbocycles. The number of likely N-dealkylation sites (tertiary alicyclic amines) is 1. The molecule has 1 aromatic carbocycles. The Morgan fingerprint density at radius 2 is 1.93 bits per heavy atom. The highest BCUT2D eigenvalue weighted by Crippen LogP contribution is 2.45. The average molecular weight is 372 g/mol. The number of aliphatic hydroxyl groups is 1. The minimum absolute atomic E-state index is 0.000724. The predicted octanol–water partition coefficient (Wildman–Crippen LogP) is 2.86. The summed E-state index contributed by atoms with van der Waals surface area (Å²) in [5.41, 5.74) is -0.149. The number of pyridine rings is 1. The second kappa shape index (κ2) is 7.09. The zero-order chi connectivity index (χ0) is 19.0. The Morgan fingerprint density at radius 3 is 2.56 bits per heavy atom. The number of fused-ring (bicyclic) bond motifs is 1. The van der Waals surface area contributed by atoms with Crippen molar-refractivity contribution >= 4 is 5.78 Å². The molecule has 2 aliphatic rings. The number of nitrogens with zero attached hydrogens (tertiary/aromatic N) is 2. The van der Waals surface area contributed by atoms with E-state index in [4.69, 9.17) is 0 Å². The average Bonchev–Trinajstić information content (AvgIpc) is 3.12. The summed E-state index contributed by atoms with van der Waals surface area (Å²) in [6.45, 7) is 1.82. The molecule has 27 heavy (non-hydrogen) atoms. The minimum Gasteiger partial charge on any atom is -0.390 e. The van der Waals surface area contributed by atoms with E-state index in [1.807, 2.05) is 0 Å². The van der Waals surface area contributed by atoms with Crippen molar-refractivity contribution in [2.75, 3.05) is 19.6 Å². The fourth-order valence-corrected chi connectivity index (χ4v) is 4.66. The highest BCUT2D eigenvalue weighted by Gasteiger charge is 2.48. The van der Waals surface area contributed by atoms with Crippen molar-refractivity contribution in [3.8, 4) is 0 Å². The molecule has 1 saturated heterocycles. The zero-order valence-electron chi connectivity index (χ0n) is 14.9. The maximum absolute atomic E-state index is 13.9. The van der Waals surface area contributed by atoms with Gasteiger partial charge in [-0.2, -0.15) is 0 Å². The van der Waals surface area contributed by atoms with Crippen LogP contribution in [-0.2, 0) is 6.42 Å². The number of ketones is 1. The van der Waals surface area contributed by atoms with Crippen molar-refractivity contribution in [2.45, 2.75) is 24.9 Å². The van der Waals surface area contributed by atoms with Gasteiger partial charge < -0.3 is 5.11 Å². The van der Waals surface area contributed by atoms with Gasteiger partial charge in [0.15, 0.2) is 5.78 Å². The summed E-state index contributed by atoms with van der Waals surface area (Å²) in [6, 6.07) is 8.79. The van der Waals surface area contributed by atoms with Crippen LogP contribution in [0.25, 0.3) is 0 Å². The van der Waals surface area contributed by atoms with Crippen LogP contribution < -0.4 is 0 Å². The largest absolute Gasteiger partial charge is 0.390 e. The summed E-state index contributed by atoms with van der Waals surface area (Å²) in [5, 5.41) is 10.9. The van der Waals surface area contributed by atoms with E-state index < -0.39 is 17.2 Å². The second-order valence-corrected chi connectivity index (χ2v) is 7.90. The van der Waals surface area contributed by atoms with Crippen LogP contribution >= 0.6 is 0 Å². The third-order valence-corrected chi connectivity index (χ3v) is 5.79. The van der Waals surface area contributed by atoms with Gasteiger partial charge in [0, 0.05) is 31.8 Å². The molecular formula is C21H22F2N2O2. The lowest BCUT2D eigenvalue weighted by molar-refractivity contribution is 0.0347. The first-order chi connectivity index (χ1) is 12.9. The number of halogens is 2. The molecule has 1 N–H and O–H groups in total. The summed E-state index contributed by atoms with van der Waals surface area (Å²) >= 11 is 0. The fraction of sp³-hybridized carbons (Fsp3) is 0.429. The predicted molar refractivity (Wildman–Crippen MR) is 96.2 cm³/mol. The summed E-state index contributed by atoms with van der Waals surface area (Å²) in [6.07, 6.45) is 2.95. The van der Waals surface area contributed by atoms with E-state index in [1.165, 1.54) is 12.1 Å². The number of aromatic nitrogens is 1. The minimum atomic E-state index is -0.967. The Kier molecular flexibility index (Phi) is 4.78. The molecule has 2 fully saturated rings. The van der Waals surface area contributed by atoms with Crippen LogP contribution in [-0.4, -0.2) is 46.0 Å². The first-order valence-corrected chi connectivity index (χ1v) is 9.25. The van der Waals surface area contributed by atoms with Gasteiger partial charge in [-0.15, -0.1) is 0 Å². The lowest BCUT2D eigenvalue weighted by atomic mass is 9.91. The monoisotopic (exact) mass is 372 g/mol. The van der Waals surface area contributed by atoms with E-state index in [2.05, 4.69) is 9.88 Å². The van der Waals surface area contributed by atoms with Crippen molar-refractivity contribution in [3.63, 3.8) is 0 Å². The van der Waals surface area contributed by atoms with Crippen LogP contribution in [0.4, 0.5) is 8.78 Å². The zero-order valence-corrected chi connectivity index (χ0v) is 14.9. The molecule has 0 spiro atoms. The molecule has 1 aliphatic carbocycles. The van der Waals surface area contributed by atoms with Crippen LogP contribution in [0.5, 0.6) is 0 Å². The van der Waals surface area contributed by atoms with Gasteiger partial charge >= 0.3 is 0 Å². The number of hydrogen-bond donors (Lipinski definition) is 1. The van der Waals surface area contributed by atoms with E-state index in [0.29, 0.717) is 30.6 Å². The summed E-state index contributed by atoms with van der Waals surface area (Å²) in [5.74, 6) is -0.646. The van der Waals surface area contributed by atoms with E-state index >= 15 is 0 Å². The van der Waals surface area contributed by atoms with Crippen molar-refractivity contribution < 1.29 is 18.7 Å². The van der Waals surface area contributed by atoms with E-state index in [0.717, 1.165) is 19.2 Å². The molecule has 3 atom stereocenters. The van der Waals surface area contributed by atoms with Gasteiger partial charge in [0.2, 0.25) is 0 Å². The van der Waals surface area contributed by atoms with Gasteiger partial charge in [0.05, 0.1) is 12.1 Å². The van der Waals surface area contributed by atoms with Gasteiger partial charge in [-0.25, -0.2) is 8.78 Å². The molecule has 4 rings (SSSR count). The molecule has 1 aromatic heterocycles. The maximum atomic E-state index is 13.9. The summed E-state index contributed by atoms with van der Waals surface area (Å²) < 4.78 is 27.0. The fourth-order valence-electron chi connectivity index (χ4n) is 4.66. The number of carbonyl (C=O) groups is 1. The standard InChI is InChI=1S/C21H22F2N2O2/c22-17-5-4-14(18(23)7-17)8-21(27)9-15-11-25(12-16(15)10-21)13-20(26)19-3-1-2-6-24-19/h1-7,15-16,27H,8-13H2/t15-,16+,21?. The molecule has 1 unspecified atom stereocenters. The Labute approximate surface area is 156 Å². The quantitative estimate of drug-likeness (QED) is 0.820. The molecule has 0 amide bonds. The maximum Gasteiger partial charge on any atom is 0.195 e. The Balaban J connectivity index is 1.35. The van der Waals surface area contributed by atoms with Gasteiger partial charge in [0.1, 0.15) is 17.3 Å². The molecule has 142 valence electrons. The lowest BCUT2D eigenvalue weighted by Crippen LogP contribution is -2.34. The molecule has 0 radical (unpaired) electrons. The smallest absolute Gasteiger partial charge is 0.195 e. The molecule has 0 bridgehead atoms. The SMILES string of the molecule is O=C(CN1C[C@@H]2CC(O)(Cc3ccc(F)cc3F)C[C@@H]2C1)c1ccccn1. The molecule has 6 heteroatoms. The summed E-state index contributed by atoms with van der Waals surface area (Å²) in [7, 11) is 0. The third kappa shape index (κ3) is 3.92. The van der Waals surface area contributed by atoms with Crippen molar-refractivity contribution in [2.24, 2.45) is 11.8 Å². The van der Waals surface area contributed by atoms with Crippen LogP contribution in [0.3, 0.4) is 0 Å². The number of benzene rings is 1. The van der Waals surface area contributed by atoms with Crippen LogP contribution in [0.15, 0.2) is 42.6 Å². The van der Waals surface area contributed by atoms with Gasteiger partial charge in [-0.1, -0.05) is 12.1 Å². The van der Waals surface area contributed by atoms with E-state index in [1.54, 1.807) is 24.4 Å². The molecule has 2 heterocycles. The van der Waals surface area contributed by atoms with Crippen molar-refractivity contribution in [3.05, 3.63) is 65.5 Å². The number of rotatable bonds is 5. The topological polar surface area (TPSA) is 53.4 Å². The molecule has 2 aromatic rings. The molecular weight excluding hydrogens is 350 g/mol. The Hall–Kier alpha value is -2.18. The first-order valence-electron chi connectivity index (χ1n) is 9.25. The Bertz CT molecular complexity index is 829. The molecule has 1 aliphatic heterocycles. The van der Waals surface area contributed by atoms with Gasteiger partial charge in [0.25, 0.3) is 0 Å². The number of Topliss-reactive ketones (excluding diaryl/α,β-unsaturated/α-hetero) is 1. The van der Waals surface area contributed by atoms with E-state index in [-0.39, 0.29) is 24.0 Å². The normalized spacial score (nSPS) is 27.7. The summed E-state index contributed by atoms with van der Waals surface area (Å²) in [4.78, 5) is 18.5.